The molecule has 1 aliphatic heterocycles. The highest BCUT2D eigenvalue weighted by atomic mass is 79.9. The first kappa shape index (κ1) is 16.2. The van der Waals surface area contributed by atoms with Gasteiger partial charge in [-0.05, 0) is 27.7 Å². The van der Waals surface area contributed by atoms with Crippen LogP contribution >= 0.6 is 17.0 Å². The molecule has 1 amide bonds. The molecule has 1 saturated heterocycles. The average Bonchev–Trinajstić information content (AvgIpc) is 2.15. The number of hydrogen-bond acceptors (Lipinski definition) is 3. The summed E-state index contributed by atoms with van der Waals surface area (Å²) in [5.74, 6) is 0.559. The minimum absolute atomic E-state index is 0. The molecule has 0 aromatic rings. The highest BCUT2D eigenvalue weighted by molar-refractivity contribution is 8.93. The molecule has 0 atom stereocenters. The van der Waals surface area contributed by atoms with Crippen LogP contribution in [-0.4, -0.2) is 53.5 Å². The maximum atomic E-state index is 11.7. The van der Waals surface area contributed by atoms with Gasteiger partial charge in [-0.25, -0.2) is 4.79 Å². The summed E-state index contributed by atoms with van der Waals surface area (Å²) in [7, 11) is 0. The molecule has 1 heterocycles. The fourth-order valence-corrected chi connectivity index (χ4v) is 1.55. The molecule has 0 bridgehead atoms. The van der Waals surface area contributed by atoms with Crippen molar-refractivity contribution >= 4 is 28.9 Å². The molecule has 5 nitrogen and oxygen atoms in total. The third-order valence-corrected chi connectivity index (χ3v) is 2.41. The molecular weight excluding hydrogens is 286 g/mol. The highest BCUT2D eigenvalue weighted by Gasteiger charge is 2.25. The van der Waals surface area contributed by atoms with E-state index < -0.39 is 5.60 Å². The summed E-state index contributed by atoms with van der Waals surface area (Å²) in [5, 5.41) is 7.50. The van der Waals surface area contributed by atoms with E-state index >= 15 is 0 Å². The number of amidine groups is 1. The SMILES string of the molecule is Br.CC(=N)N1CCN(C(=O)OC(C)(C)C)CC1. The van der Waals surface area contributed by atoms with Gasteiger partial charge in [-0.1, -0.05) is 0 Å². The number of nitrogens with one attached hydrogen (secondary N) is 1. The molecule has 0 aromatic carbocycles. The van der Waals surface area contributed by atoms with Crippen LogP contribution in [0.15, 0.2) is 0 Å². The van der Waals surface area contributed by atoms with E-state index in [1.165, 1.54) is 0 Å². The number of rotatable bonds is 0. The molecule has 1 fully saturated rings. The largest absolute Gasteiger partial charge is 0.444 e. The normalized spacial score (nSPS) is 16.2. The summed E-state index contributed by atoms with van der Waals surface area (Å²) in [5.41, 5.74) is -0.439. The lowest BCUT2D eigenvalue weighted by Crippen LogP contribution is -2.51. The second kappa shape index (κ2) is 6.23. The molecule has 1 N–H and O–H groups in total. The fraction of sp³-hybridized carbons (Fsp3) is 0.818. The van der Waals surface area contributed by atoms with Gasteiger partial charge < -0.3 is 14.5 Å². The Bertz CT molecular complexity index is 281. The number of amides is 1. The van der Waals surface area contributed by atoms with Crippen molar-refractivity contribution in [3.05, 3.63) is 0 Å². The molecule has 0 spiro atoms. The number of nitrogens with zero attached hydrogens (tertiary/aromatic N) is 2. The van der Waals surface area contributed by atoms with Crippen molar-refractivity contribution in [3.8, 4) is 0 Å². The van der Waals surface area contributed by atoms with Crippen molar-refractivity contribution in [1.82, 2.24) is 9.80 Å². The van der Waals surface area contributed by atoms with Crippen LogP contribution in [0.2, 0.25) is 0 Å². The van der Waals surface area contributed by atoms with Gasteiger partial charge in [0, 0.05) is 26.2 Å². The van der Waals surface area contributed by atoms with Crippen LogP contribution in [0.3, 0.4) is 0 Å². The zero-order chi connectivity index (χ0) is 12.3. The van der Waals surface area contributed by atoms with E-state index in [1.54, 1.807) is 11.8 Å². The molecule has 1 rings (SSSR count). The number of carbonyl (C=O) groups excluding carboxylic acids is 1. The van der Waals surface area contributed by atoms with E-state index in [1.807, 2.05) is 25.7 Å². The van der Waals surface area contributed by atoms with Gasteiger partial charge in [0.25, 0.3) is 0 Å². The zero-order valence-electron chi connectivity index (χ0n) is 10.9. The number of hydrogen-bond donors (Lipinski definition) is 1. The van der Waals surface area contributed by atoms with Crippen molar-refractivity contribution in [2.45, 2.75) is 33.3 Å². The molecule has 1 aliphatic rings. The van der Waals surface area contributed by atoms with Crippen molar-refractivity contribution < 1.29 is 9.53 Å². The lowest BCUT2D eigenvalue weighted by molar-refractivity contribution is 0.0186. The Morgan fingerprint density at radius 3 is 1.88 bits per heavy atom. The number of carbonyl (C=O) groups is 1. The minimum atomic E-state index is -0.439. The molecule has 0 radical (unpaired) electrons. The second-order valence-corrected chi connectivity index (χ2v) is 5.04. The Balaban J connectivity index is 0.00000256. The second-order valence-electron chi connectivity index (χ2n) is 5.04. The van der Waals surface area contributed by atoms with Crippen LogP contribution in [0.25, 0.3) is 0 Å². The van der Waals surface area contributed by atoms with Crippen LogP contribution in [0.4, 0.5) is 4.79 Å². The Kier molecular flexibility index (Phi) is 5.95. The lowest BCUT2D eigenvalue weighted by Gasteiger charge is -2.36. The van der Waals surface area contributed by atoms with Crippen molar-refractivity contribution in [1.29, 1.82) is 5.41 Å². The van der Waals surface area contributed by atoms with Crippen LogP contribution in [0.5, 0.6) is 0 Å². The third kappa shape index (κ3) is 5.39. The molecule has 0 aliphatic carbocycles. The van der Waals surface area contributed by atoms with Gasteiger partial charge in [0.1, 0.15) is 5.60 Å². The van der Waals surface area contributed by atoms with Crippen LogP contribution < -0.4 is 0 Å². The van der Waals surface area contributed by atoms with E-state index in [-0.39, 0.29) is 23.1 Å². The predicted molar refractivity (Wildman–Crippen MR) is 73.1 cm³/mol. The van der Waals surface area contributed by atoms with Gasteiger partial charge in [-0.15, -0.1) is 17.0 Å². The maximum Gasteiger partial charge on any atom is 0.410 e. The first-order chi connectivity index (χ1) is 7.29. The van der Waals surface area contributed by atoms with Crippen molar-refractivity contribution in [2.24, 2.45) is 0 Å². The quantitative estimate of drug-likeness (QED) is 0.551. The van der Waals surface area contributed by atoms with E-state index in [9.17, 15) is 4.79 Å². The fourth-order valence-electron chi connectivity index (χ4n) is 1.55. The van der Waals surface area contributed by atoms with E-state index in [0.29, 0.717) is 32.0 Å². The predicted octanol–water partition coefficient (Wildman–Crippen LogP) is 2.11. The summed E-state index contributed by atoms with van der Waals surface area (Å²) in [6.07, 6.45) is -0.255. The summed E-state index contributed by atoms with van der Waals surface area (Å²) in [6.45, 7) is 10.1. The Labute approximate surface area is 113 Å². The van der Waals surface area contributed by atoms with E-state index in [2.05, 4.69) is 0 Å². The summed E-state index contributed by atoms with van der Waals surface area (Å²) >= 11 is 0. The smallest absolute Gasteiger partial charge is 0.410 e. The van der Waals surface area contributed by atoms with Gasteiger partial charge in [0.2, 0.25) is 0 Å². The Morgan fingerprint density at radius 1 is 1.12 bits per heavy atom. The average molecular weight is 308 g/mol. The standard InChI is InChI=1S/C11H21N3O2.BrH/c1-9(12)13-5-7-14(8-6-13)10(15)16-11(2,3)4;/h12H,5-8H2,1-4H3;1H. The first-order valence-electron chi connectivity index (χ1n) is 5.57. The van der Waals surface area contributed by atoms with Gasteiger partial charge in [-0.3, -0.25) is 5.41 Å². The Morgan fingerprint density at radius 2 is 1.53 bits per heavy atom. The highest BCUT2D eigenvalue weighted by Crippen LogP contribution is 2.11. The van der Waals surface area contributed by atoms with Crippen molar-refractivity contribution in [3.63, 3.8) is 0 Å². The third-order valence-electron chi connectivity index (χ3n) is 2.41. The first-order valence-corrected chi connectivity index (χ1v) is 5.57. The maximum absolute atomic E-state index is 11.7. The van der Waals surface area contributed by atoms with Gasteiger partial charge in [0.05, 0.1) is 5.84 Å². The topological polar surface area (TPSA) is 56.6 Å². The summed E-state index contributed by atoms with van der Waals surface area (Å²) < 4.78 is 5.29. The van der Waals surface area contributed by atoms with Crippen LogP contribution in [0.1, 0.15) is 27.7 Å². The lowest BCUT2D eigenvalue weighted by atomic mass is 10.2. The monoisotopic (exact) mass is 307 g/mol. The van der Waals surface area contributed by atoms with Gasteiger partial charge in [-0.2, -0.15) is 0 Å². The number of piperazine rings is 1. The van der Waals surface area contributed by atoms with Gasteiger partial charge >= 0.3 is 6.09 Å². The summed E-state index contributed by atoms with van der Waals surface area (Å²) in [4.78, 5) is 15.4. The van der Waals surface area contributed by atoms with E-state index in [4.69, 9.17) is 10.1 Å². The number of ether oxygens (including phenoxy) is 1. The molecule has 6 heteroatoms. The zero-order valence-corrected chi connectivity index (χ0v) is 12.7. The molecule has 0 unspecified atom stereocenters. The van der Waals surface area contributed by atoms with E-state index in [0.717, 1.165) is 0 Å². The molecule has 100 valence electrons. The molecule has 0 saturated carbocycles. The Hall–Kier alpha value is -0.780. The van der Waals surface area contributed by atoms with Gasteiger partial charge in [0.15, 0.2) is 0 Å². The summed E-state index contributed by atoms with van der Waals surface area (Å²) in [6, 6.07) is 0. The number of halogens is 1. The molecular formula is C11H22BrN3O2. The van der Waals surface area contributed by atoms with Crippen LogP contribution in [0, 0.1) is 5.41 Å². The molecule has 0 aromatic heterocycles. The molecule has 17 heavy (non-hydrogen) atoms. The minimum Gasteiger partial charge on any atom is -0.444 e. The van der Waals surface area contributed by atoms with Crippen LogP contribution in [-0.2, 0) is 4.74 Å². The van der Waals surface area contributed by atoms with Crippen molar-refractivity contribution in [2.75, 3.05) is 26.2 Å².